The minimum absolute atomic E-state index is 0.234. The van der Waals surface area contributed by atoms with Crippen LogP contribution in [0.4, 0.5) is 0 Å². The SMILES string of the molecule is CCOC(=O)c1c(-c2ccc3nsnc3c2)c2cc(OC)c(OCc3ccccc3)cc2n1Cc1ccccc1OC. The first-order chi connectivity index (χ1) is 20.6. The maximum Gasteiger partial charge on any atom is 0.355 e. The van der Waals surface area contributed by atoms with Gasteiger partial charge in [-0.25, -0.2) is 4.79 Å². The van der Waals surface area contributed by atoms with E-state index in [4.69, 9.17) is 18.9 Å². The maximum absolute atomic E-state index is 13.8. The molecule has 2 aromatic heterocycles. The molecule has 0 saturated heterocycles. The molecule has 0 spiro atoms. The van der Waals surface area contributed by atoms with E-state index in [1.807, 2.05) is 89.5 Å². The summed E-state index contributed by atoms with van der Waals surface area (Å²) in [5, 5.41) is 0.819. The van der Waals surface area contributed by atoms with Crippen molar-refractivity contribution in [2.75, 3.05) is 20.8 Å². The Labute approximate surface area is 247 Å². The Morgan fingerprint density at radius 2 is 1.60 bits per heavy atom. The monoisotopic (exact) mass is 579 g/mol. The third-order valence-electron chi connectivity index (χ3n) is 7.12. The second kappa shape index (κ2) is 11.9. The van der Waals surface area contributed by atoms with Crippen molar-refractivity contribution in [3.63, 3.8) is 0 Å². The Kier molecular flexibility index (Phi) is 7.74. The zero-order valence-corrected chi connectivity index (χ0v) is 24.3. The van der Waals surface area contributed by atoms with Gasteiger partial charge in [0.15, 0.2) is 11.5 Å². The molecular formula is C33H29N3O5S. The van der Waals surface area contributed by atoms with Gasteiger partial charge < -0.3 is 23.5 Å². The standard InChI is InChI=1S/C33H29N3O5S/c1-4-40-33(37)32-31(22-14-15-25-26(16-22)35-42-34-25)24-17-29(39-3)30(41-20-21-10-6-5-7-11-21)18-27(24)36(32)19-23-12-8-9-13-28(23)38-2/h5-18H,4,19-20H2,1-3H3. The normalized spacial score (nSPS) is 11.1. The quantitative estimate of drug-likeness (QED) is 0.160. The third kappa shape index (κ3) is 5.14. The van der Waals surface area contributed by atoms with Gasteiger partial charge in [0.05, 0.1) is 44.6 Å². The zero-order valence-electron chi connectivity index (χ0n) is 23.5. The molecule has 0 unspecified atom stereocenters. The number of ether oxygens (including phenoxy) is 4. The molecule has 6 rings (SSSR count). The van der Waals surface area contributed by atoms with Gasteiger partial charge in [0, 0.05) is 22.6 Å². The van der Waals surface area contributed by atoms with Gasteiger partial charge in [-0.15, -0.1) is 0 Å². The summed E-state index contributed by atoms with van der Waals surface area (Å²) < 4.78 is 34.2. The number of rotatable bonds is 10. The van der Waals surface area contributed by atoms with E-state index in [1.54, 1.807) is 21.1 Å². The Balaban J connectivity index is 1.61. The Bertz CT molecular complexity index is 1880. The number of para-hydroxylation sites is 1. The van der Waals surface area contributed by atoms with E-state index in [2.05, 4.69) is 8.75 Å². The number of aromatic nitrogens is 3. The molecule has 8 nitrogen and oxygen atoms in total. The molecule has 2 heterocycles. The van der Waals surface area contributed by atoms with Gasteiger partial charge in [0.1, 0.15) is 29.1 Å². The summed E-state index contributed by atoms with van der Waals surface area (Å²) >= 11 is 1.15. The molecule has 0 N–H and O–H groups in total. The molecule has 6 aromatic rings. The molecule has 212 valence electrons. The van der Waals surface area contributed by atoms with Crippen LogP contribution in [0, 0.1) is 0 Å². The summed E-state index contributed by atoms with van der Waals surface area (Å²) in [5.41, 5.74) is 6.25. The number of esters is 1. The molecule has 0 radical (unpaired) electrons. The van der Waals surface area contributed by atoms with Crippen molar-refractivity contribution in [3.8, 4) is 28.4 Å². The topological polar surface area (TPSA) is 84.7 Å². The minimum atomic E-state index is -0.430. The second-order valence-electron chi connectivity index (χ2n) is 9.60. The molecule has 0 aliphatic carbocycles. The first-order valence-corrected chi connectivity index (χ1v) is 14.3. The second-order valence-corrected chi connectivity index (χ2v) is 10.1. The fourth-order valence-corrected chi connectivity index (χ4v) is 5.69. The van der Waals surface area contributed by atoms with Crippen LogP contribution < -0.4 is 14.2 Å². The minimum Gasteiger partial charge on any atom is -0.496 e. The zero-order chi connectivity index (χ0) is 29.1. The van der Waals surface area contributed by atoms with Crippen LogP contribution in [0.5, 0.6) is 17.2 Å². The number of fused-ring (bicyclic) bond motifs is 2. The van der Waals surface area contributed by atoms with Crippen LogP contribution in [-0.4, -0.2) is 40.1 Å². The molecule has 42 heavy (non-hydrogen) atoms. The molecule has 0 amide bonds. The van der Waals surface area contributed by atoms with E-state index in [-0.39, 0.29) is 6.61 Å². The lowest BCUT2D eigenvalue weighted by molar-refractivity contribution is 0.0516. The molecule has 9 heteroatoms. The average Bonchev–Trinajstić information content (AvgIpc) is 3.62. The van der Waals surface area contributed by atoms with Crippen molar-refractivity contribution >= 4 is 39.6 Å². The van der Waals surface area contributed by atoms with Crippen LogP contribution in [0.25, 0.3) is 33.1 Å². The van der Waals surface area contributed by atoms with Crippen LogP contribution in [0.2, 0.25) is 0 Å². The summed E-state index contributed by atoms with van der Waals surface area (Å²) in [5.74, 6) is 1.41. The van der Waals surface area contributed by atoms with Crippen molar-refractivity contribution in [2.45, 2.75) is 20.1 Å². The number of nitrogens with zero attached hydrogens (tertiary/aromatic N) is 3. The van der Waals surface area contributed by atoms with Crippen molar-refractivity contribution in [3.05, 3.63) is 102 Å². The fraction of sp³-hybridized carbons (Fsp3) is 0.182. The van der Waals surface area contributed by atoms with E-state index < -0.39 is 5.97 Å². The highest BCUT2D eigenvalue weighted by molar-refractivity contribution is 7.00. The lowest BCUT2D eigenvalue weighted by Crippen LogP contribution is -2.14. The summed E-state index contributed by atoms with van der Waals surface area (Å²) in [7, 11) is 3.25. The predicted molar refractivity (Wildman–Crippen MR) is 164 cm³/mol. The Morgan fingerprint density at radius 1 is 0.833 bits per heavy atom. The van der Waals surface area contributed by atoms with Gasteiger partial charge in [0.25, 0.3) is 0 Å². The third-order valence-corrected chi connectivity index (χ3v) is 7.67. The Morgan fingerprint density at radius 3 is 2.38 bits per heavy atom. The highest BCUT2D eigenvalue weighted by Crippen LogP contribution is 2.43. The first kappa shape index (κ1) is 27.3. The highest BCUT2D eigenvalue weighted by atomic mass is 32.1. The first-order valence-electron chi connectivity index (χ1n) is 13.5. The molecule has 0 fully saturated rings. The fourth-order valence-electron chi connectivity index (χ4n) is 5.17. The van der Waals surface area contributed by atoms with E-state index in [0.717, 1.165) is 61.7 Å². The van der Waals surface area contributed by atoms with Crippen LogP contribution in [0.1, 0.15) is 28.5 Å². The summed E-state index contributed by atoms with van der Waals surface area (Å²) in [4.78, 5) is 13.8. The number of benzene rings is 4. The van der Waals surface area contributed by atoms with Gasteiger partial charge in [-0.2, -0.15) is 8.75 Å². The van der Waals surface area contributed by atoms with Gasteiger partial charge in [-0.3, -0.25) is 0 Å². The number of hydrogen-bond acceptors (Lipinski definition) is 8. The van der Waals surface area contributed by atoms with Crippen LogP contribution >= 0.6 is 11.7 Å². The van der Waals surface area contributed by atoms with Crippen molar-refractivity contribution in [1.82, 2.24) is 13.3 Å². The Hall–Kier alpha value is -4.89. The maximum atomic E-state index is 13.8. The van der Waals surface area contributed by atoms with Crippen molar-refractivity contribution in [2.24, 2.45) is 0 Å². The largest absolute Gasteiger partial charge is 0.496 e. The van der Waals surface area contributed by atoms with E-state index in [0.29, 0.717) is 30.3 Å². The molecule has 0 aliphatic rings. The summed E-state index contributed by atoms with van der Waals surface area (Å²) in [6, 6.07) is 27.4. The lowest BCUT2D eigenvalue weighted by atomic mass is 10.0. The van der Waals surface area contributed by atoms with Crippen LogP contribution in [0.15, 0.2) is 84.9 Å². The smallest absolute Gasteiger partial charge is 0.355 e. The lowest BCUT2D eigenvalue weighted by Gasteiger charge is -2.15. The molecule has 0 bridgehead atoms. The van der Waals surface area contributed by atoms with Gasteiger partial charge in [-0.1, -0.05) is 54.6 Å². The average molecular weight is 580 g/mol. The van der Waals surface area contributed by atoms with Crippen LogP contribution in [0.3, 0.4) is 0 Å². The molecule has 0 aliphatic heterocycles. The number of carbonyl (C=O) groups excluding carboxylic acids is 1. The van der Waals surface area contributed by atoms with Crippen molar-refractivity contribution in [1.29, 1.82) is 0 Å². The number of hydrogen-bond donors (Lipinski definition) is 0. The highest BCUT2D eigenvalue weighted by Gasteiger charge is 2.28. The van der Waals surface area contributed by atoms with E-state index >= 15 is 0 Å². The molecular weight excluding hydrogens is 550 g/mol. The number of methoxy groups -OCH3 is 2. The van der Waals surface area contributed by atoms with Gasteiger partial charge in [0.2, 0.25) is 0 Å². The van der Waals surface area contributed by atoms with E-state index in [9.17, 15) is 4.79 Å². The van der Waals surface area contributed by atoms with E-state index in [1.165, 1.54) is 0 Å². The molecule has 0 atom stereocenters. The van der Waals surface area contributed by atoms with Crippen molar-refractivity contribution < 1.29 is 23.7 Å². The molecule has 0 saturated carbocycles. The van der Waals surface area contributed by atoms with Gasteiger partial charge in [-0.05, 0) is 42.3 Å². The summed E-state index contributed by atoms with van der Waals surface area (Å²) in [6.07, 6.45) is 0. The predicted octanol–water partition coefficient (Wildman–Crippen LogP) is 7.13. The molecule has 4 aromatic carbocycles. The van der Waals surface area contributed by atoms with Crippen LogP contribution in [-0.2, 0) is 17.9 Å². The summed E-state index contributed by atoms with van der Waals surface area (Å²) in [6.45, 7) is 2.76. The van der Waals surface area contributed by atoms with Gasteiger partial charge >= 0.3 is 5.97 Å². The number of carbonyl (C=O) groups is 1.